The van der Waals surface area contributed by atoms with Gasteiger partial charge in [0.05, 0.1) is 5.75 Å². The highest BCUT2D eigenvalue weighted by Crippen LogP contribution is 2.06. The summed E-state index contributed by atoms with van der Waals surface area (Å²) in [6, 6.07) is -0.0324. The highest BCUT2D eigenvalue weighted by molar-refractivity contribution is 7.85. The topological polar surface area (TPSA) is 97.9 Å². The molecule has 0 bridgehead atoms. The molecule has 4 N–H and O–H groups in total. The Bertz CT molecular complexity index is 195. The molecule has 0 aromatic carbocycles. The lowest BCUT2D eigenvalue weighted by Gasteiger charge is -2.05. The monoisotopic (exact) mass is 183 g/mol. The number of hydrogen-bond donors (Lipinski definition) is 2. The quantitative estimate of drug-likeness (QED) is 0.525. The van der Waals surface area contributed by atoms with Crippen LogP contribution in [-0.2, 0) is 10.1 Å². The number of rotatable bonds is 2. The Morgan fingerprint density at radius 1 is 1.55 bits per heavy atom. The normalized spacial score (nSPS) is 24.6. The summed E-state index contributed by atoms with van der Waals surface area (Å²) in [6.45, 7) is 0.861. The van der Waals surface area contributed by atoms with Gasteiger partial charge in [0.25, 0.3) is 10.1 Å². The average Bonchev–Trinajstić information content (AvgIpc) is 2.12. The van der Waals surface area contributed by atoms with Crippen molar-refractivity contribution in [2.75, 3.05) is 12.3 Å². The van der Waals surface area contributed by atoms with Crippen molar-refractivity contribution >= 4 is 10.1 Å². The predicted octanol–water partition coefficient (Wildman–Crippen LogP) is -1.20. The largest absolute Gasteiger partial charge is 0.412 e. The van der Waals surface area contributed by atoms with Crippen molar-refractivity contribution in [3.63, 3.8) is 0 Å². The van der Waals surface area contributed by atoms with Crippen molar-refractivity contribution in [3.05, 3.63) is 0 Å². The van der Waals surface area contributed by atoms with Gasteiger partial charge >= 0.3 is 0 Å². The van der Waals surface area contributed by atoms with E-state index in [0.29, 0.717) is 0 Å². The Morgan fingerprint density at radius 3 is 2.55 bits per heavy atom. The highest BCUT2D eigenvalue weighted by atomic mass is 32.2. The lowest BCUT2D eigenvalue weighted by Crippen LogP contribution is -2.29. The van der Waals surface area contributed by atoms with E-state index in [1.807, 2.05) is 0 Å². The Morgan fingerprint density at radius 2 is 2.18 bits per heavy atom. The Kier molecular flexibility index (Phi) is 3.95. The summed E-state index contributed by atoms with van der Waals surface area (Å²) in [5.41, 5.74) is 0. The molecule has 0 aliphatic carbocycles. The van der Waals surface area contributed by atoms with Gasteiger partial charge in [0.1, 0.15) is 0 Å². The molecule has 6 heteroatoms. The van der Waals surface area contributed by atoms with Gasteiger partial charge in [-0.2, -0.15) is 8.42 Å². The van der Waals surface area contributed by atoms with Crippen LogP contribution in [0.5, 0.6) is 0 Å². The third kappa shape index (κ3) is 4.31. The van der Waals surface area contributed by atoms with Gasteiger partial charge in [-0.1, -0.05) is 0 Å². The van der Waals surface area contributed by atoms with Crippen molar-refractivity contribution < 1.29 is 18.4 Å². The van der Waals surface area contributed by atoms with Crippen molar-refractivity contribution in [2.24, 2.45) is 0 Å². The molecule has 0 radical (unpaired) electrons. The highest BCUT2D eigenvalue weighted by Gasteiger charge is 2.19. The van der Waals surface area contributed by atoms with Crippen LogP contribution in [0.3, 0.4) is 0 Å². The maximum Gasteiger partial charge on any atom is 0.266 e. The van der Waals surface area contributed by atoms with Crippen LogP contribution in [0.15, 0.2) is 0 Å². The Labute approximate surface area is 65.9 Å². The fourth-order valence-electron chi connectivity index (χ4n) is 1.15. The fraction of sp³-hybridized carbons (Fsp3) is 1.00. The molecule has 0 amide bonds. The van der Waals surface area contributed by atoms with Crippen LogP contribution in [0, 0.1) is 0 Å². The van der Waals surface area contributed by atoms with E-state index in [9.17, 15) is 8.42 Å². The van der Waals surface area contributed by atoms with Crippen LogP contribution in [0.1, 0.15) is 12.8 Å². The molecule has 0 aromatic heterocycles. The van der Waals surface area contributed by atoms with Gasteiger partial charge in [-0.15, -0.1) is 0 Å². The maximum absolute atomic E-state index is 10.3. The minimum atomic E-state index is -3.77. The summed E-state index contributed by atoms with van der Waals surface area (Å²) in [7, 11) is -3.77. The van der Waals surface area contributed by atoms with Gasteiger partial charge in [-0.25, -0.2) is 0 Å². The molecule has 1 saturated heterocycles. The molecule has 1 aliphatic heterocycles. The lowest BCUT2D eigenvalue weighted by molar-refractivity contribution is 0.473. The first-order valence-electron chi connectivity index (χ1n) is 3.26. The standard InChI is InChI=1S/C5H11NO3S.H2O/c7-10(8,9)4-5-2-1-3-6-5;/h5-6H,1-4H2,(H,7,8,9);1H2. The molecule has 0 aromatic rings. The van der Waals surface area contributed by atoms with Crippen LogP contribution >= 0.6 is 0 Å². The average molecular weight is 183 g/mol. The van der Waals surface area contributed by atoms with E-state index in [2.05, 4.69) is 5.32 Å². The van der Waals surface area contributed by atoms with Crippen LogP contribution in [0.25, 0.3) is 0 Å². The molecule has 5 nitrogen and oxygen atoms in total. The maximum atomic E-state index is 10.3. The van der Waals surface area contributed by atoms with Crippen molar-refractivity contribution in [1.82, 2.24) is 5.32 Å². The van der Waals surface area contributed by atoms with E-state index in [4.69, 9.17) is 4.55 Å². The van der Waals surface area contributed by atoms with E-state index >= 15 is 0 Å². The van der Waals surface area contributed by atoms with Crippen LogP contribution in [0.2, 0.25) is 0 Å². The zero-order chi connectivity index (χ0) is 7.61. The van der Waals surface area contributed by atoms with E-state index in [1.165, 1.54) is 0 Å². The molecule has 0 spiro atoms. The van der Waals surface area contributed by atoms with E-state index in [-0.39, 0.29) is 17.3 Å². The summed E-state index contributed by atoms with van der Waals surface area (Å²) in [5, 5.41) is 2.97. The van der Waals surface area contributed by atoms with E-state index in [1.54, 1.807) is 0 Å². The summed E-state index contributed by atoms with van der Waals surface area (Å²) < 4.78 is 29.0. The van der Waals surface area contributed by atoms with Crippen molar-refractivity contribution in [2.45, 2.75) is 18.9 Å². The molecule has 1 atom stereocenters. The molecule has 1 aliphatic rings. The summed E-state index contributed by atoms with van der Waals surface area (Å²) in [6.07, 6.45) is 1.85. The van der Waals surface area contributed by atoms with Crippen molar-refractivity contribution in [1.29, 1.82) is 0 Å². The zero-order valence-electron chi connectivity index (χ0n) is 6.08. The molecular weight excluding hydrogens is 170 g/mol. The Hall–Kier alpha value is -0.170. The zero-order valence-corrected chi connectivity index (χ0v) is 6.89. The SMILES string of the molecule is O.O=S(=O)(O)CC1CCCN1. The lowest BCUT2D eigenvalue weighted by atomic mass is 10.3. The molecule has 68 valence electrons. The minimum absolute atomic E-state index is 0. The predicted molar refractivity (Wildman–Crippen MR) is 41.1 cm³/mol. The molecule has 11 heavy (non-hydrogen) atoms. The smallest absolute Gasteiger partial charge is 0.266 e. The van der Waals surface area contributed by atoms with Crippen LogP contribution < -0.4 is 5.32 Å². The molecule has 1 fully saturated rings. The van der Waals surface area contributed by atoms with Gasteiger partial charge in [0.2, 0.25) is 0 Å². The van der Waals surface area contributed by atoms with Gasteiger partial charge in [-0.3, -0.25) is 4.55 Å². The molecule has 1 unspecified atom stereocenters. The number of nitrogens with one attached hydrogen (secondary N) is 1. The first-order valence-corrected chi connectivity index (χ1v) is 4.87. The second kappa shape index (κ2) is 4.01. The van der Waals surface area contributed by atoms with Gasteiger partial charge in [0, 0.05) is 6.04 Å². The van der Waals surface area contributed by atoms with Crippen LogP contribution in [0.4, 0.5) is 0 Å². The van der Waals surface area contributed by atoms with E-state index in [0.717, 1.165) is 19.4 Å². The second-order valence-corrected chi connectivity index (χ2v) is 4.04. The Balaban J connectivity index is 0.000001000. The fourth-order valence-corrected chi connectivity index (χ4v) is 1.95. The summed E-state index contributed by atoms with van der Waals surface area (Å²) in [5.74, 6) is -0.146. The number of hydrogen-bond acceptors (Lipinski definition) is 3. The molecule has 0 saturated carbocycles. The first-order chi connectivity index (χ1) is 4.58. The van der Waals surface area contributed by atoms with Gasteiger partial charge in [-0.05, 0) is 19.4 Å². The summed E-state index contributed by atoms with van der Waals surface area (Å²) >= 11 is 0. The third-order valence-corrected chi connectivity index (χ3v) is 2.40. The summed E-state index contributed by atoms with van der Waals surface area (Å²) in [4.78, 5) is 0. The van der Waals surface area contributed by atoms with Crippen LogP contribution in [-0.4, -0.2) is 36.8 Å². The molecule has 1 heterocycles. The molecular formula is C5H13NO4S. The second-order valence-electron chi connectivity index (χ2n) is 2.54. The minimum Gasteiger partial charge on any atom is -0.412 e. The third-order valence-electron chi connectivity index (χ3n) is 1.57. The van der Waals surface area contributed by atoms with Gasteiger partial charge < -0.3 is 10.8 Å². The van der Waals surface area contributed by atoms with E-state index < -0.39 is 10.1 Å². The molecule has 1 rings (SSSR count). The van der Waals surface area contributed by atoms with Gasteiger partial charge in [0.15, 0.2) is 0 Å². The van der Waals surface area contributed by atoms with Crippen molar-refractivity contribution in [3.8, 4) is 0 Å². The first kappa shape index (κ1) is 10.8.